The number of hydrogen-bond donors (Lipinski definition) is 2. The number of aromatic nitrogens is 2. The molecule has 4 nitrogen and oxygen atoms in total. The summed E-state index contributed by atoms with van der Waals surface area (Å²) < 4.78 is 12.6. The van der Waals surface area contributed by atoms with Crippen LogP contribution in [0, 0.1) is 11.2 Å². The number of nitrogens with zero attached hydrogens (tertiary/aromatic N) is 2. The molecule has 1 aromatic heterocycles. The molecule has 1 heterocycles. The van der Waals surface area contributed by atoms with Gasteiger partial charge in [0.25, 0.3) is 0 Å². The lowest BCUT2D eigenvalue weighted by molar-refractivity contribution is -0.0304. The van der Waals surface area contributed by atoms with E-state index >= 15 is 0 Å². The van der Waals surface area contributed by atoms with Crippen molar-refractivity contribution in [1.82, 2.24) is 9.97 Å². The minimum absolute atomic E-state index is 0.111. The maximum absolute atomic E-state index is 12.6. The monoisotopic (exact) mass is 239 g/mol. The summed E-state index contributed by atoms with van der Waals surface area (Å²) in [5.41, 5.74) is -0.856. The second kappa shape index (κ2) is 4.22. The van der Waals surface area contributed by atoms with E-state index < -0.39 is 11.4 Å². The van der Waals surface area contributed by atoms with Crippen LogP contribution in [-0.2, 0) is 0 Å². The molecule has 0 aromatic carbocycles. The first-order valence-corrected chi connectivity index (χ1v) is 5.87. The number of aliphatic hydroxyl groups is 1. The van der Waals surface area contributed by atoms with Crippen LogP contribution < -0.4 is 5.32 Å². The highest BCUT2D eigenvalue weighted by atomic mass is 19.1. The molecule has 0 spiro atoms. The summed E-state index contributed by atoms with van der Waals surface area (Å²) in [5, 5.41) is 13.5. The molecule has 17 heavy (non-hydrogen) atoms. The van der Waals surface area contributed by atoms with Crippen LogP contribution in [0.3, 0.4) is 0 Å². The molecular weight excluding hydrogens is 221 g/mol. The van der Waals surface area contributed by atoms with Crippen LogP contribution in [0.2, 0.25) is 0 Å². The molecule has 2 N–H and O–H groups in total. The van der Waals surface area contributed by atoms with Gasteiger partial charge in [-0.05, 0) is 24.7 Å². The van der Waals surface area contributed by atoms with Gasteiger partial charge in [0.1, 0.15) is 0 Å². The number of nitrogens with one attached hydrogen (secondary N) is 1. The molecule has 1 unspecified atom stereocenters. The van der Waals surface area contributed by atoms with Gasteiger partial charge in [-0.1, -0.05) is 13.8 Å². The van der Waals surface area contributed by atoms with Crippen molar-refractivity contribution >= 4 is 5.95 Å². The third-order valence-electron chi connectivity index (χ3n) is 3.81. The quantitative estimate of drug-likeness (QED) is 0.846. The van der Waals surface area contributed by atoms with Gasteiger partial charge in [0.05, 0.1) is 18.0 Å². The van der Waals surface area contributed by atoms with Crippen LogP contribution in [0.15, 0.2) is 12.4 Å². The first-order valence-electron chi connectivity index (χ1n) is 5.87. The largest absolute Gasteiger partial charge is 0.387 e. The summed E-state index contributed by atoms with van der Waals surface area (Å²) in [7, 11) is 0. The molecule has 1 aromatic rings. The van der Waals surface area contributed by atoms with Gasteiger partial charge >= 0.3 is 0 Å². The van der Waals surface area contributed by atoms with E-state index in [1.165, 1.54) is 0 Å². The zero-order valence-corrected chi connectivity index (χ0v) is 10.2. The molecule has 1 fully saturated rings. The smallest absolute Gasteiger partial charge is 0.222 e. The van der Waals surface area contributed by atoms with Crippen molar-refractivity contribution in [2.24, 2.45) is 5.41 Å². The average molecular weight is 239 g/mol. The van der Waals surface area contributed by atoms with Gasteiger partial charge < -0.3 is 10.4 Å². The highest BCUT2D eigenvalue weighted by molar-refractivity contribution is 5.24. The van der Waals surface area contributed by atoms with Gasteiger partial charge in [-0.2, -0.15) is 0 Å². The van der Waals surface area contributed by atoms with Crippen molar-refractivity contribution in [2.75, 3.05) is 11.9 Å². The van der Waals surface area contributed by atoms with E-state index in [0.29, 0.717) is 12.5 Å². The molecule has 94 valence electrons. The number of halogens is 1. The molecule has 0 amide bonds. The third-order valence-corrected chi connectivity index (χ3v) is 3.81. The Morgan fingerprint density at radius 2 is 2.00 bits per heavy atom. The molecular formula is C12H18FN3O. The Balaban J connectivity index is 2.00. The molecule has 5 heteroatoms. The normalized spacial score (nSPS) is 27.1. The summed E-state index contributed by atoms with van der Waals surface area (Å²) in [6.45, 7) is 4.52. The highest BCUT2D eigenvalue weighted by Crippen LogP contribution is 2.45. The van der Waals surface area contributed by atoms with E-state index in [-0.39, 0.29) is 5.41 Å². The lowest BCUT2D eigenvalue weighted by Gasteiger charge is -2.36. The van der Waals surface area contributed by atoms with Crippen LogP contribution in [0.25, 0.3) is 0 Å². The average Bonchev–Trinajstić information content (AvgIpc) is 2.53. The summed E-state index contributed by atoms with van der Waals surface area (Å²) in [4.78, 5) is 7.62. The van der Waals surface area contributed by atoms with Crippen LogP contribution in [0.4, 0.5) is 10.3 Å². The zero-order valence-electron chi connectivity index (χ0n) is 10.2. The fraction of sp³-hybridized carbons (Fsp3) is 0.667. The zero-order chi connectivity index (χ0) is 12.5. The first-order chi connectivity index (χ1) is 7.93. The van der Waals surface area contributed by atoms with E-state index in [1.54, 1.807) is 0 Å². The van der Waals surface area contributed by atoms with E-state index in [1.807, 2.05) is 0 Å². The summed E-state index contributed by atoms with van der Waals surface area (Å²) >= 11 is 0. The van der Waals surface area contributed by atoms with Gasteiger partial charge in [0.15, 0.2) is 5.82 Å². The van der Waals surface area contributed by atoms with Crippen LogP contribution in [0.1, 0.15) is 33.1 Å². The lowest BCUT2D eigenvalue weighted by atomic mass is 9.78. The minimum Gasteiger partial charge on any atom is -0.387 e. The number of rotatable bonds is 3. The van der Waals surface area contributed by atoms with Gasteiger partial charge in [-0.3, -0.25) is 0 Å². The molecule has 0 aliphatic heterocycles. The topological polar surface area (TPSA) is 58.0 Å². The molecule has 1 aliphatic carbocycles. The molecule has 1 aliphatic rings. The lowest BCUT2D eigenvalue weighted by Crippen LogP contribution is -2.46. The fourth-order valence-corrected chi connectivity index (χ4v) is 2.35. The summed E-state index contributed by atoms with van der Waals surface area (Å²) in [5.74, 6) is -0.113. The Morgan fingerprint density at radius 1 is 1.35 bits per heavy atom. The minimum atomic E-state index is -0.745. The molecule has 0 radical (unpaired) electrons. The Hall–Kier alpha value is -1.23. The van der Waals surface area contributed by atoms with Crippen molar-refractivity contribution in [2.45, 2.75) is 38.7 Å². The van der Waals surface area contributed by atoms with Crippen LogP contribution in [-0.4, -0.2) is 27.2 Å². The highest BCUT2D eigenvalue weighted by Gasteiger charge is 2.47. The van der Waals surface area contributed by atoms with Crippen molar-refractivity contribution in [3.8, 4) is 0 Å². The Bertz CT molecular complexity index is 393. The van der Waals surface area contributed by atoms with Crippen molar-refractivity contribution in [3.63, 3.8) is 0 Å². The van der Waals surface area contributed by atoms with E-state index in [4.69, 9.17) is 0 Å². The van der Waals surface area contributed by atoms with Gasteiger partial charge in [-0.15, -0.1) is 0 Å². The first kappa shape index (κ1) is 12.2. The SMILES string of the molecule is CC1(C)CCCC1(O)CNc1ncc(F)cn1. The van der Waals surface area contributed by atoms with Crippen molar-refractivity contribution in [3.05, 3.63) is 18.2 Å². The fourth-order valence-electron chi connectivity index (χ4n) is 2.35. The van der Waals surface area contributed by atoms with Crippen molar-refractivity contribution in [1.29, 1.82) is 0 Å². The third kappa shape index (κ3) is 2.39. The number of hydrogen-bond acceptors (Lipinski definition) is 4. The maximum Gasteiger partial charge on any atom is 0.222 e. The molecule has 0 saturated heterocycles. The van der Waals surface area contributed by atoms with Crippen LogP contribution in [0.5, 0.6) is 0 Å². The predicted molar refractivity (Wildman–Crippen MR) is 63.1 cm³/mol. The molecule has 2 rings (SSSR count). The Kier molecular flexibility index (Phi) is 3.03. The van der Waals surface area contributed by atoms with E-state index in [0.717, 1.165) is 31.7 Å². The summed E-state index contributed by atoms with van der Waals surface area (Å²) in [6, 6.07) is 0. The maximum atomic E-state index is 12.6. The van der Waals surface area contributed by atoms with Crippen molar-refractivity contribution < 1.29 is 9.50 Å². The second-order valence-electron chi connectivity index (χ2n) is 5.35. The predicted octanol–water partition coefficient (Wildman–Crippen LogP) is 1.97. The number of anilines is 1. The van der Waals surface area contributed by atoms with Crippen LogP contribution >= 0.6 is 0 Å². The second-order valence-corrected chi connectivity index (χ2v) is 5.35. The molecule has 1 atom stereocenters. The Morgan fingerprint density at radius 3 is 2.53 bits per heavy atom. The van der Waals surface area contributed by atoms with E-state index in [9.17, 15) is 9.50 Å². The molecule has 1 saturated carbocycles. The van der Waals surface area contributed by atoms with Gasteiger partial charge in [-0.25, -0.2) is 14.4 Å². The van der Waals surface area contributed by atoms with Gasteiger partial charge in [0.2, 0.25) is 5.95 Å². The summed E-state index contributed by atoms with van der Waals surface area (Å²) in [6.07, 6.45) is 5.03. The van der Waals surface area contributed by atoms with Gasteiger partial charge in [0, 0.05) is 6.54 Å². The van der Waals surface area contributed by atoms with E-state index in [2.05, 4.69) is 29.1 Å². The molecule has 0 bridgehead atoms. The Labute approximate surface area is 100 Å². The standard InChI is InChI=1S/C12H18FN3O/c1-11(2)4-3-5-12(11,17)8-16-10-14-6-9(13)7-15-10/h6-7,17H,3-5,8H2,1-2H3,(H,14,15,16).